The first kappa shape index (κ1) is 15.5. The summed E-state index contributed by atoms with van der Waals surface area (Å²) in [6, 6.07) is 12.6. The van der Waals surface area contributed by atoms with Crippen LogP contribution < -0.4 is 10.1 Å². The minimum absolute atomic E-state index is 0.113. The van der Waals surface area contributed by atoms with Gasteiger partial charge in [-0.2, -0.15) is 0 Å². The fourth-order valence-corrected chi connectivity index (χ4v) is 2.27. The number of aliphatic hydroxyl groups is 1. The number of rotatable bonds is 5. The number of anilines is 1. The predicted octanol–water partition coefficient (Wildman–Crippen LogP) is 3.24. The molecule has 0 saturated carbocycles. The molecule has 1 amide bonds. The van der Waals surface area contributed by atoms with E-state index in [0.717, 1.165) is 10.0 Å². The lowest BCUT2D eigenvalue weighted by atomic mass is 10.1. The van der Waals surface area contributed by atoms with Crippen LogP contribution in [-0.2, 0) is 6.42 Å². The molecule has 0 aromatic heterocycles. The second-order valence-electron chi connectivity index (χ2n) is 4.47. The van der Waals surface area contributed by atoms with Gasteiger partial charge in [0.05, 0.1) is 12.7 Å². The van der Waals surface area contributed by atoms with Crippen LogP contribution in [0.4, 0.5) is 5.69 Å². The van der Waals surface area contributed by atoms with E-state index in [-0.39, 0.29) is 12.5 Å². The summed E-state index contributed by atoms with van der Waals surface area (Å²) in [5.74, 6) is 0.285. The van der Waals surface area contributed by atoms with Crippen molar-refractivity contribution in [2.45, 2.75) is 6.42 Å². The van der Waals surface area contributed by atoms with Crippen LogP contribution >= 0.6 is 15.9 Å². The molecule has 0 aliphatic rings. The summed E-state index contributed by atoms with van der Waals surface area (Å²) >= 11 is 3.34. The van der Waals surface area contributed by atoms with Crippen LogP contribution in [0.25, 0.3) is 0 Å². The lowest BCUT2D eigenvalue weighted by molar-refractivity contribution is 0.102. The van der Waals surface area contributed by atoms with E-state index in [9.17, 15) is 4.79 Å². The number of benzene rings is 2. The monoisotopic (exact) mass is 349 g/mol. The molecule has 4 nitrogen and oxygen atoms in total. The molecule has 0 unspecified atom stereocenters. The van der Waals surface area contributed by atoms with E-state index in [1.54, 1.807) is 18.2 Å². The predicted molar refractivity (Wildman–Crippen MR) is 85.9 cm³/mol. The highest BCUT2D eigenvalue weighted by Crippen LogP contribution is 2.24. The fraction of sp³-hybridized carbons (Fsp3) is 0.188. The van der Waals surface area contributed by atoms with Gasteiger partial charge in [-0.1, -0.05) is 28.1 Å². The average Bonchev–Trinajstić information content (AvgIpc) is 2.49. The average molecular weight is 350 g/mol. The zero-order chi connectivity index (χ0) is 15.2. The van der Waals surface area contributed by atoms with E-state index < -0.39 is 0 Å². The first-order valence-electron chi connectivity index (χ1n) is 6.48. The molecule has 21 heavy (non-hydrogen) atoms. The maximum atomic E-state index is 12.3. The molecule has 0 bridgehead atoms. The zero-order valence-corrected chi connectivity index (χ0v) is 13.2. The van der Waals surface area contributed by atoms with Crippen molar-refractivity contribution in [2.75, 3.05) is 19.0 Å². The topological polar surface area (TPSA) is 58.6 Å². The lowest BCUT2D eigenvalue weighted by Crippen LogP contribution is -2.13. The van der Waals surface area contributed by atoms with Gasteiger partial charge in [0.2, 0.25) is 0 Å². The number of carbonyl (C=O) groups is 1. The molecule has 2 aromatic rings. The molecule has 0 heterocycles. The maximum Gasteiger partial charge on any atom is 0.259 e. The van der Waals surface area contributed by atoms with Gasteiger partial charge in [-0.3, -0.25) is 4.79 Å². The van der Waals surface area contributed by atoms with Crippen LogP contribution in [0.2, 0.25) is 0 Å². The van der Waals surface area contributed by atoms with Crippen molar-refractivity contribution in [3.63, 3.8) is 0 Å². The summed E-state index contributed by atoms with van der Waals surface area (Å²) in [6.45, 7) is 0.113. The second kappa shape index (κ2) is 7.24. The van der Waals surface area contributed by atoms with Gasteiger partial charge in [0.15, 0.2) is 0 Å². The van der Waals surface area contributed by atoms with E-state index in [1.807, 2.05) is 24.3 Å². The van der Waals surface area contributed by atoms with Crippen LogP contribution in [0.5, 0.6) is 5.75 Å². The van der Waals surface area contributed by atoms with Gasteiger partial charge in [0, 0.05) is 16.8 Å². The van der Waals surface area contributed by atoms with E-state index in [2.05, 4.69) is 21.2 Å². The first-order chi connectivity index (χ1) is 10.1. The molecule has 0 fully saturated rings. The maximum absolute atomic E-state index is 12.3. The second-order valence-corrected chi connectivity index (χ2v) is 5.38. The molecular formula is C16H16BrNO3. The molecule has 0 atom stereocenters. The van der Waals surface area contributed by atoms with Crippen LogP contribution in [0.1, 0.15) is 15.9 Å². The van der Waals surface area contributed by atoms with E-state index >= 15 is 0 Å². The van der Waals surface area contributed by atoms with Crippen LogP contribution in [0.15, 0.2) is 46.9 Å². The van der Waals surface area contributed by atoms with Gasteiger partial charge < -0.3 is 15.2 Å². The normalized spacial score (nSPS) is 10.2. The molecule has 0 aliphatic carbocycles. The Bertz CT molecular complexity index is 626. The number of ether oxygens (including phenoxy) is 1. The Morgan fingerprint density at radius 2 is 1.95 bits per heavy atom. The number of methoxy groups -OCH3 is 1. The first-order valence-corrected chi connectivity index (χ1v) is 7.28. The number of hydrogen-bond acceptors (Lipinski definition) is 3. The molecule has 2 rings (SSSR count). The number of amides is 1. The number of carbonyl (C=O) groups excluding carboxylic acids is 1. The third kappa shape index (κ3) is 4.06. The SMILES string of the molecule is COc1cc(Br)ccc1C(=O)Nc1ccc(CCO)cc1. The quantitative estimate of drug-likeness (QED) is 0.870. The Labute approximate surface area is 131 Å². The number of nitrogens with one attached hydrogen (secondary N) is 1. The fourth-order valence-electron chi connectivity index (χ4n) is 1.93. The van der Waals surface area contributed by atoms with Gasteiger partial charge in [0.25, 0.3) is 5.91 Å². The minimum Gasteiger partial charge on any atom is -0.496 e. The third-order valence-corrected chi connectivity index (χ3v) is 3.51. The van der Waals surface area contributed by atoms with Crippen molar-refractivity contribution in [1.82, 2.24) is 0 Å². The van der Waals surface area contributed by atoms with Crippen LogP contribution in [-0.4, -0.2) is 24.7 Å². The van der Waals surface area contributed by atoms with Gasteiger partial charge in [-0.05, 0) is 42.3 Å². The zero-order valence-electron chi connectivity index (χ0n) is 11.6. The van der Waals surface area contributed by atoms with E-state index in [4.69, 9.17) is 9.84 Å². The summed E-state index contributed by atoms with van der Waals surface area (Å²) in [5, 5.41) is 11.7. The summed E-state index contributed by atoms with van der Waals surface area (Å²) in [6.07, 6.45) is 0.606. The smallest absolute Gasteiger partial charge is 0.259 e. The number of hydrogen-bond donors (Lipinski definition) is 2. The molecular weight excluding hydrogens is 334 g/mol. The summed E-state index contributed by atoms with van der Waals surface area (Å²) in [5.41, 5.74) is 2.20. The molecule has 0 spiro atoms. The van der Waals surface area contributed by atoms with Crippen molar-refractivity contribution in [2.24, 2.45) is 0 Å². The van der Waals surface area contributed by atoms with Crippen molar-refractivity contribution < 1.29 is 14.6 Å². The molecule has 0 radical (unpaired) electrons. The van der Waals surface area contributed by atoms with Crippen molar-refractivity contribution in [1.29, 1.82) is 0 Å². The highest BCUT2D eigenvalue weighted by Gasteiger charge is 2.12. The Hall–Kier alpha value is -1.85. The molecule has 2 aromatic carbocycles. The Kier molecular flexibility index (Phi) is 5.36. The van der Waals surface area contributed by atoms with Gasteiger partial charge in [-0.15, -0.1) is 0 Å². The molecule has 5 heteroatoms. The number of halogens is 1. The highest BCUT2D eigenvalue weighted by molar-refractivity contribution is 9.10. The summed E-state index contributed by atoms with van der Waals surface area (Å²) in [7, 11) is 1.53. The minimum atomic E-state index is -0.228. The molecule has 110 valence electrons. The van der Waals surface area contributed by atoms with Gasteiger partial charge in [-0.25, -0.2) is 0 Å². The summed E-state index contributed by atoms with van der Waals surface area (Å²) < 4.78 is 6.07. The Morgan fingerprint density at radius 1 is 1.24 bits per heavy atom. The molecule has 0 saturated heterocycles. The van der Waals surface area contributed by atoms with Crippen LogP contribution in [0, 0.1) is 0 Å². The van der Waals surface area contributed by atoms with E-state index in [0.29, 0.717) is 23.4 Å². The molecule has 0 aliphatic heterocycles. The van der Waals surface area contributed by atoms with Crippen molar-refractivity contribution in [3.8, 4) is 5.75 Å². The largest absolute Gasteiger partial charge is 0.496 e. The Balaban J connectivity index is 2.14. The Morgan fingerprint density at radius 3 is 2.57 bits per heavy atom. The van der Waals surface area contributed by atoms with Gasteiger partial charge >= 0.3 is 0 Å². The highest BCUT2D eigenvalue weighted by atomic mass is 79.9. The molecule has 2 N–H and O–H groups in total. The van der Waals surface area contributed by atoms with Crippen molar-refractivity contribution in [3.05, 3.63) is 58.1 Å². The third-order valence-electron chi connectivity index (χ3n) is 3.02. The standard InChI is InChI=1S/C16H16BrNO3/c1-21-15-10-12(17)4-7-14(15)16(20)18-13-5-2-11(3-6-13)8-9-19/h2-7,10,19H,8-9H2,1H3,(H,18,20). The van der Waals surface area contributed by atoms with E-state index in [1.165, 1.54) is 7.11 Å². The van der Waals surface area contributed by atoms with Crippen molar-refractivity contribution >= 4 is 27.5 Å². The van der Waals surface area contributed by atoms with Crippen LogP contribution in [0.3, 0.4) is 0 Å². The van der Waals surface area contributed by atoms with Gasteiger partial charge in [0.1, 0.15) is 5.75 Å². The lowest BCUT2D eigenvalue weighted by Gasteiger charge is -2.10. The number of aliphatic hydroxyl groups excluding tert-OH is 1. The summed E-state index contributed by atoms with van der Waals surface area (Å²) in [4.78, 5) is 12.3.